The van der Waals surface area contributed by atoms with Crippen molar-refractivity contribution in [1.29, 1.82) is 0 Å². The van der Waals surface area contributed by atoms with Crippen LogP contribution >= 0.6 is 0 Å². The van der Waals surface area contributed by atoms with Gasteiger partial charge in [-0.1, -0.05) is 0 Å². The third-order valence-electron chi connectivity index (χ3n) is 2.01. The zero-order valence-corrected chi connectivity index (χ0v) is 10.2. The van der Waals surface area contributed by atoms with E-state index in [2.05, 4.69) is 0 Å². The van der Waals surface area contributed by atoms with Gasteiger partial charge in [0.05, 0.1) is 4.90 Å². The van der Waals surface area contributed by atoms with Crippen molar-refractivity contribution in [1.82, 2.24) is 4.90 Å². The van der Waals surface area contributed by atoms with Gasteiger partial charge >= 0.3 is 0 Å². The molecule has 5 nitrogen and oxygen atoms in total. The van der Waals surface area contributed by atoms with Gasteiger partial charge in [-0.05, 0) is 18.2 Å². The number of amides is 1. The molecule has 1 aromatic carbocycles. The van der Waals surface area contributed by atoms with Crippen LogP contribution in [0.25, 0.3) is 0 Å². The van der Waals surface area contributed by atoms with Crippen LogP contribution < -0.4 is 5.73 Å². The Kier molecular flexibility index (Phi) is 3.23. The summed E-state index contributed by atoms with van der Waals surface area (Å²) in [6.45, 7) is 0. The van der Waals surface area contributed by atoms with Crippen LogP contribution in [0.2, 0.25) is 0 Å². The number of hydrogen-bond acceptors (Lipinski definition) is 4. The van der Waals surface area contributed by atoms with Crippen molar-refractivity contribution >= 4 is 21.4 Å². The van der Waals surface area contributed by atoms with Crippen molar-refractivity contribution in [3.05, 3.63) is 23.8 Å². The van der Waals surface area contributed by atoms with E-state index in [1.165, 1.54) is 23.1 Å². The van der Waals surface area contributed by atoms with Crippen molar-refractivity contribution in [2.75, 3.05) is 26.1 Å². The summed E-state index contributed by atoms with van der Waals surface area (Å²) in [7, 11) is -0.180. The Bertz CT molecular complexity index is 521. The average molecular weight is 242 g/mol. The van der Waals surface area contributed by atoms with Crippen LogP contribution in [0.15, 0.2) is 23.1 Å². The fourth-order valence-corrected chi connectivity index (χ4v) is 1.91. The molecule has 16 heavy (non-hydrogen) atoms. The Labute approximate surface area is 94.8 Å². The number of nitrogens with two attached hydrogens (primary N) is 1. The summed E-state index contributed by atoms with van der Waals surface area (Å²) >= 11 is 0. The van der Waals surface area contributed by atoms with Crippen molar-refractivity contribution < 1.29 is 13.2 Å². The van der Waals surface area contributed by atoms with E-state index < -0.39 is 9.84 Å². The average Bonchev–Trinajstić information content (AvgIpc) is 2.14. The summed E-state index contributed by atoms with van der Waals surface area (Å²) < 4.78 is 22.7. The zero-order valence-electron chi connectivity index (χ0n) is 9.39. The summed E-state index contributed by atoms with van der Waals surface area (Å²) in [6.07, 6.45) is 1.08. The first kappa shape index (κ1) is 12.5. The maximum absolute atomic E-state index is 11.7. The van der Waals surface area contributed by atoms with Crippen LogP contribution in [0.1, 0.15) is 10.4 Å². The second kappa shape index (κ2) is 4.13. The molecule has 0 unspecified atom stereocenters. The van der Waals surface area contributed by atoms with E-state index in [1.54, 1.807) is 14.1 Å². The predicted molar refractivity (Wildman–Crippen MR) is 62.0 cm³/mol. The van der Waals surface area contributed by atoms with Crippen molar-refractivity contribution in [2.24, 2.45) is 0 Å². The van der Waals surface area contributed by atoms with Gasteiger partial charge in [-0.2, -0.15) is 0 Å². The van der Waals surface area contributed by atoms with E-state index in [0.717, 1.165) is 6.26 Å². The number of carbonyl (C=O) groups is 1. The molecule has 0 saturated carbocycles. The second-order valence-corrected chi connectivity index (χ2v) is 5.78. The number of sulfone groups is 1. The van der Waals surface area contributed by atoms with E-state index in [4.69, 9.17) is 5.73 Å². The maximum atomic E-state index is 11.7. The fraction of sp³-hybridized carbons (Fsp3) is 0.300. The van der Waals surface area contributed by atoms with Gasteiger partial charge in [0.25, 0.3) is 5.91 Å². The lowest BCUT2D eigenvalue weighted by Gasteiger charge is -2.11. The van der Waals surface area contributed by atoms with Crippen LogP contribution in [-0.2, 0) is 9.84 Å². The van der Waals surface area contributed by atoms with E-state index >= 15 is 0 Å². The van der Waals surface area contributed by atoms with E-state index in [9.17, 15) is 13.2 Å². The van der Waals surface area contributed by atoms with Gasteiger partial charge in [-0.3, -0.25) is 4.79 Å². The number of carbonyl (C=O) groups excluding carboxylic acids is 1. The van der Waals surface area contributed by atoms with Crippen LogP contribution in [0.4, 0.5) is 5.69 Å². The van der Waals surface area contributed by atoms with Gasteiger partial charge in [-0.15, -0.1) is 0 Å². The summed E-state index contributed by atoms with van der Waals surface area (Å²) in [5.41, 5.74) is 6.09. The number of benzene rings is 1. The van der Waals surface area contributed by atoms with Crippen molar-refractivity contribution in [3.63, 3.8) is 0 Å². The second-order valence-electron chi connectivity index (χ2n) is 3.76. The Morgan fingerprint density at radius 1 is 1.25 bits per heavy atom. The van der Waals surface area contributed by atoms with Crippen LogP contribution in [0.3, 0.4) is 0 Å². The van der Waals surface area contributed by atoms with E-state index in [1.807, 2.05) is 0 Å². The van der Waals surface area contributed by atoms with Crippen molar-refractivity contribution in [3.8, 4) is 0 Å². The molecule has 0 atom stereocenters. The topological polar surface area (TPSA) is 80.5 Å². The Morgan fingerprint density at radius 2 is 1.81 bits per heavy atom. The predicted octanol–water partition coefficient (Wildman–Crippen LogP) is 0.374. The molecule has 0 saturated heterocycles. The van der Waals surface area contributed by atoms with Crippen molar-refractivity contribution in [2.45, 2.75) is 4.90 Å². The molecule has 1 rings (SSSR count). The number of hydrogen-bond donors (Lipinski definition) is 1. The minimum atomic E-state index is -3.36. The van der Waals surface area contributed by atoms with Gasteiger partial charge < -0.3 is 10.6 Å². The lowest BCUT2D eigenvalue weighted by atomic mass is 10.2. The molecule has 88 valence electrons. The minimum Gasteiger partial charge on any atom is -0.399 e. The third-order valence-corrected chi connectivity index (χ3v) is 3.10. The van der Waals surface area contributed by atoms with Crippen LogP contribution in [-0.4, -0.2) is 39.6 Å². The highest BCUT2D eigenvalue weighted by Gasteiger charge is 2.14. The standard InChI is InChI=1S/C10H14N2O3S/c1-12(2)10(13)7-4-8(11)6-9(5-7)16(3,14)15/h4-6H,11H2,1-3H3. The Balaban J connectivity index is 3.35. The lowest BCUT2D eigenvalue weighted by Crippen LogP contribution is -2.22. The van der Waals surface area contributed by atoms with Gasteiger partial charge in [0.2, 0.25) is 0 Å². The smallest absolute Gasteiger partial charge is 0.253 e. The number of nitrogens with zero attached hydrogens (tertiary/aromatic N) is 1. The number of nitrogen functional groups attached to an aromatic ring is 1. The molecule has 1 amide bonds. The molecule has 6 heteroatoms. The molecule has 0 heterocycles. The molecule has 0 fully saturated rings. The highest BCUT2D eigenvalue weighted by Crippen LogP contribution is 2.17. The quantitative estimate of drug-likeness (QED) is 0.760. The third kappa shape index (κ3) is 2.73. The molecule has 0 bridgehead atoms. The fourth-order valence-electron chi connectivity index (χ4n) is 1.22. The molecule has 0 spiro atoms. The molecule has 0 aliphatic heterocycles. The SMILES string of the molecule is CN(C)C(=O)c1cc(N)cc(S(C)(=O)=O)c1. The molecule has 1 aromatic rings. The summed E-state index contributed by atoms with van der Waals surface area (Å²) in [4.78, 5) is 13.1. The monoisotopic (exact) mass is 242 g/mol. The molecular weight excluding hydrogens is 228 g/mol. The van der Waals surface area contributed by atoms with Crippen LogP contribution in [0, 0.1) is 0 Å². The summed E-state index contributed by atoms with van der Waals surface area (Å²) in [5.74, 6) is -0.280. The zero-order chi connectivity index (χ0) is 12.5. The molecule has 0 aromatic heterocycles. The molecule has 0 aliphatic carbocycles. The van der Waals surface area contributed by atoms with Gasteiger partial charge in [0, 0.05) is 31.6 Å². The van der Waals surface area contributed by atoms with Gasteiger partial charge in [0.1, 0.15) is 0 Å². The largest absolute Gasteiger partial charge is 0.399 e. The first-order chi connectivity index (χ1) is 7.21. The maximum Gasteiger partial charge on any atom is 0.253 e. The molecule has 0 aliphatic rings. The first-order valence-corrected chi connectivity index (χ1v) is 6.43. The Hall–Kier alpha value is -1.56. The van der Waals surface area contributed by atoms with Crippen LogP contribution in [0.5, 0.6) is 0 Å². The molecule has 2 N–H and O–H groups in total. The lowest BCUT2D eigenvalue weighted by molar-refractivity contribution is 0.0827. The Morgan fingerprint density at radius 3 is 2.25 bits per heavy atom. The summed E-state index contributed by atoms with van der Waals surface area (Å²) in [5, 5.41) is 0. The molecular formula is C10H14N2O3S. The first-order valence-electron chi connectivity index (χ1n) is 4.54. The highest BCUT2D eigenvalue weighted by atomic mass is 32.2. The van der Waals surface area contributed by atoms with Gasteiger partial charge in [0.15, 0.2) is 9.84 Å². The van der Waals surface area contributed by atoms with E-state index in [-0.39, 0.29) is 22.1 Å². The number of rotatable bonds is 2. The van der Waals surface area contributed by atoms with E-state index in [0.29, 0.717) is 0 Å². The normalized spacial score (nSPS) is 11.2. The molecule has 0 radical (unpaired) electrons. The minimum absolute atomic E-state index is 0.0534. The highest BCUT2D eigenvalue weighted by molar-refractivity contribution is 7.90. The summed E-state index contributed by atoms with van der Waals surface area (Å²) in [6, 6.07) is 4.12. The number of anilines is 1. The van der Waals surface area contributed by atoms with Gasteiger partial charge in [-0.25, -0.2) is 8.42 Å².